The lowest BCUT2D eigenvalue weighted by Gasteiger charge is -2.29. The molecule has 0 fully saturated rings. The third-order valence-electron chi connectivity index (χ3n) is 11.3. The van der Waals surface area contributed by atoms with Gasteiger partial charge in [0, 0.05) is 44.9 Å². The van der Waals surface area contributed by atoms with E-state index in [-0.39, 0.29) is 0 Å². The van der Waals surface area contributed by atoms with Gasteiger partial charge in [-0.05, 0) is 124 Å². The van der Waals surface area contributed by atoms with Gasteiger partial charge < -0.3 is 14.2 Å². The SMILES string of the molecule is C=C(c1ccc(-c2cccc(N(c3ccc(-c4ccccc4)cc3)c3cccc(-c4ccc5c(c4)oc4ccccc45)c3)c2)cc1)N(c1ccccc1)c1ccccc1C. The van der Waals surface area contributed by atoms with Crippen LogP contribution in [-0.4, -0.2) is 0 Å². The lowest BCUT2D eigenvalue weighted by Crippen LogP contribution is -2.15. The fourth-order valence-electron chi connectivity index (χ4n) is 8.25. The number of furan rings is 1. The quantitative estimate of drug-likeness (QED) is 0.138. The summed E-state index contributed by atoms with van der Waals surface area (Å²) < 4.78 is 6.29. The summed E-state index contributed by atoms with van der Waals surface area (Å²) in [4.78, 5) is 4.59. The molecular weight excluding hydrogens is 729 g/mol. The molecule has 286 valence electrons. The monoisotopic (exact) mass is 770 g/mol. The molecule has 9 aromatic carbocycles. The largest absolute Gasteiger partial charge is 0.456 e. The predicted molar refractivity (Wildman–Crippen MR) is 254 cm³/mol. The number of aryl methyl sites for hydroxylation is 1. The Labute approximate surface area is 351 Å². The van der Waals surface area contributed by atoms with Gasteiger partial charge in [0.15, 0.2) is 0 Å². The van der Waals surface area contributed by atoms with E-state index in [4.69, 9.17) is 4.42 Å². The van der Waals surface area contributed by atoms with E-state index < -0.39 is 0 Å². The Morgan fingerprint density at radius 1 is 0.383 bits per heavy atom. The van der Waals surface area contributed by atoms with E-state index in [0.29, 0.717) is 0 Å². The van der Waals surface area contributed by atoms with Crippen molar-refractivity contribution < 1.29 is 4.42 Å². The third-order valence-corrected chi connectivity index (χ3v) is 11.3. The summed E-state index contributed by atoms with van der Waals surface area (Å²) >= 11 is 0. The normalized spacial score (nSPS) is 11.2. The van der Waals surface area contributed by atoms with Crippen molar-refractivity contribution in [2.45, 2.75) is 6.92 Å². The zero-order valence-electron chi connectivity index (χ0n) is 33.4. The van der Waals surface area contributed by atoms with Crippen molar-refractivity contribution in [3.63, 3.8) is 0 Å². The second-order valence-electron chi connectivity index (χ2n) is 15.1. The fraction of sp³-hybridized carbons (Fsp3) is 0.0175. The van der Waals surface area contributed by atoms with Crippen molar-refractivity contribution in [3.05, 3.63) is 242 Å². The molecule has 0 unspecified atom stereocenters. The molecule has 0 amide bonds. The molecular formula is C57H42N2O. The summed E-state index contributed by atoms with van der Waals surface area (Å²) in [6.45, 7) is 6.77. The molecule has 0 atom stereocenters. The standard InChI is InChI=1S/C57H42N2O/c1-40-15-9-11-25-55(40)58(49-20-7-4-8-21-49)41(2)42-27-29-45(30-28-42)46-18-13-22-51(37-46)59(50-34-31-44(32-35-50)43-16-5-3-6-17-43)52-23-14-19-47(38-52)48-33-36-54-53-24-10-12-26-56(53)60-57(54)39-48/h3-39H,2H2,1H3. The van der Waals surface area contributed by atoms with E-state index in [9.17, 15) is 0 Å². The van der Waals surface area contributed by atoms with Crippen molar-refractivity contribution in [3.8, 4) is 33.4 Å². The van der Waals surface area contributed by atoms with Crippen LogP contribution in [0.5, 0.6) is 0 Å². The molecule has 0 bridgehead atoms. The Bertz CT molecular complexity index is 3110. The maximum Gasteiger partial charge on any atom is 0.136 e. The van der Waals surface area contributed by atoms with Gasteiger partial charge in [0.25, 0.3) is 0 Å². The van der Waals surface area contributed by atoms with Crippen LogP contribution in [0.3, 0.4) is 0 Å². The highest BCUT2D eigenvalue weighted by molar-refractivity contribution is 6.06. The molecule has 60 heavy (non-hydrogen) atoms. The molecule has 10 aromatic rings. The van der Waals surface area contributed by atoms with Crippen LogP contribution in [-0.2, 0) is 0 Å². The van der Waals surface area contributed by atoms with Crippen molar-refractivity contribution in [2.24, 2.45) is 0 Å². The highest BCUT2D eigenvalue weighted by Crippen LogP contribution is 2.41. The van der Waals surface area contributed by atoms with Gasteiger partial charge >= 0.3 is 0 Å². The Balaban J connectivity index is 1.01. The molecule has 0 spiro atoms. The molecule has 10 rings (SSSR count). The molecule has 3 heteroatoms. The van der Waals surface area contributed by atoms with Gasteiger partial charge in [-0.3, -0.25) is 0 Å². The molecule has 0 aliphatic carbocycles. The van der Waals surface area contributed by atoms with Crippen LogP contribution < -0.4 is 9.80 Å². The van der Waals surface area contributed by atoms with E-state index >= 15 is 0 Å². The second-order valence-corrected chi connectivity index (χ2v) is 15.1. The van der Waals surface area contributed by atoms with Gasteiger partial charge in [-0.2, -0.15) is 0 Å². The number of hydrogen-bond donors (Lipinski definition) is 0. The van der Waals surface area contributed by atoms with E-state index in [1.165, 1.54) is 16.7 Å². The maximum atomic E-state index is 6.29. The number of para-hydroxylation sites is 3. The summed E-state index contributed by atoms with van der Waals surface area (Å²) in [6, 6.07) is 79.4. The lowest BCUT2D eigenvalue weighted by atomic mass is 10.00. The van der Waals surface area contributed by atoms with Crippen LogP contribution in [0.4, 0.5) is 28.4 Å². The maximum absolute atomic E-state index is 6.29. The van der Waals surface area contributed by atoms with Gasteiger partial charge in [-0.25, -0.2) is 0 Å². The van der Waals surface area contributed by atoms with Crippen LogP contribution in [0.1, 0.15) is 11.1 Å². The molecule has 1 heterocycles. The molecule has 1 aromatic heterocycles. The van der Waals surface area contributed by atoms with Crippen LogP contribution >= 0.6 is 0 Å². The van der Waals surface area contributed by atoms with Gasteiger partial charge in [0.2, 0.25) is 0 Å². The first kappa shape index (κ1) is 36.5. The third kappa shape index (κ3) is 7.03. The fourth-order valence-corrected chi connectivity index (χ4v) is 8.25. The number of fused-ring (bicyclic) bond motifs is 3. The Kier molecular flexibility index (Phi) is 9.61. The van der Waals surface area contributed by atoms with Gasteiger partial charge in [0.1, 0.15) is 11.2 Å². The smallest absolute Gasteiger partial charge is 0.136 e. The highest BCUT2D eigenvalue weighted by atomic mass is 16.3. The molecule has 0 aliphatic rings. The molecule has 0 saturated heterocycles. The minimum atomic E-state index is 0.887. The predicted octanol–water partition coefficient (Wildman–Crippen LogP) is 16.2. The van der Waals surface area contributed by atoms with Crippen molar-refractivity contribution in [1.82, 2.24) is 0 Å². The molecule has 0 saturated carbocycles. The van der Waals surface area contributed by atoms with Gasteiger partial charge in [-0.15, -0.1) is 0 Å². The minimum Gasteiger partial charge on any atom is -0.456 e. The zero-order chi connectivity index (χ0) is 40.4. The highest BCUT2D eigenvalue weighted by Gasteiger charge is 2.18. The van der Waals surface area contributed by atoms with Gasteiger partial charge in [-0.1, -0.05) is 158 Å². The van der Waals surface area contributed by atoms with Crippen molar-refractivity contribution in [1.29, 1.82) is 0 Å². The van der Waals surface area contributed by atoms with Crippen LogP contribution in [0.25, 0.3) is 61.0 Å². The summed E-state index contributed by atoms with van der Waals surface area (Å²) in [5.74, 6) is 0. The van der Waals surface area contributed by atoms with Gasteiger partial charge in [0.05, 0.1) is 0 Å². The minimum absolute atomic E-state index is 0.887. The molecule has 0 N–H and O–H groups in total. The summed E-state index contributed by atoms with van der Waals surface area (Å²) in [6.07, 6.45) is 0. The number of anilines is 5. The number of nitrogens with zero attached hydrogens (tertiary/aromatic N) is 2. The zero-order valence-corrected chi connectivity index (χ0v) is 33.4. The van der Waals surface area contributed by atoms with E-state index in [1.54, 1.807) is 0 Å². The van der Waals surface area contributed by atoms with E-state index in [1.807, 2.05) is 18.2 Å². The number of rotatable bonds is 10. The van der Waals surface area contributed by atoms with E-state index in [0.717, 1.165) is 83.9 Å². The van der Waals surface area contributed by atoms with Crippen molar-refractivity contribution in [2.75, 3.05) is 9.80 Å². The first-order valence-corrected chi connectivity index (χ1v) is 20.4. The summed E-state index contributed by atoms with van der Waals surface area (Å²) in [7, 11) is 0. The molecule has 0 aliphatic heterocycles. The average molecular weight is 771 g/mol. The number of benzene rings is 9. The van der Waals surface area contributed by atoms with Crippen LogP contribution in [0.2, 0.25) is 0 Å². The Hall–Kier alpha value is -7.88. The summed E-state index contributed by atoms with van der Waals surface area (Å²) in [5, 5.41) is 2.26. The summed E-state index contributed by atoms with van der Waals surface area (Å²) in [5.41, 5.74) is 17.2. The van der Waals surface area contributed by atoms with Crippen molar-refractivity contribution >= 4 is 56.1 Å². The number of hydrogen-bond acceptors (Lipinski definition) is 3. The average Bonchev–Trinajstić information content (AvgIpc) is 3.69. The second kappa shape index (κ2) is 15.8. The molecule has 0 radical (unpaired) electrons. The van der Waals surface area contributed by atoms with Crippen LogP contribution in [0.15, 0.2) is 235 Å². The lowest BCUT2D eigenvalue weighted by molar-refractivity contribution is 0.669. The first-order chi connectivity index (χ1) is 29.6. The molecule has 3 nitrogen and oxygen atoms in total. The van der Waals surface area contributed by atoms with E-state index in [2.05, 4.69) is 230 Å². The van der Waals surface area contributed by atoms with Crippen LogP contribution in [0, 0.1) is 6.92 Å². The topological polar surface area (TPSA) is 19.6 Å². The first-order valence-electron chi connectivity index (χ1n) is 20.4. The Morgan fingerprint density at radius 3 is 1.60 bits per heavy atom. The Morgan fingerprint density at radius 2 is 0.883 bits per heavy atom.